The molecule has 2 heterocycles. The van der Waals surface area contributed by atoms with E-state index in [9.17, 15) is 17.6 Å². The van der Waals surface area contributed by atoms with Crippen LogP contribution in [-0.2, 0) is 20.6 Å². The standard InChI is InChI=1S/C30H38FN5O3S.2C2H6.2H2/c1-20-13-14-25(26(31)16-20)28-18-32-29(34-28)23(4)33-30(37)27(17-22(3)36-15-9-8-10-21(36)2)35-40(38,39)19-24-11-6-5-7-12-24;2*1-2;;/h5-7,11-14,16,18,21,23,27,35H,3,8-10,15,17,19H2,1-2,4H3,(H,32,34)(H,33,37);2*1-2H3;2*1H/t21-,23-,27-;;;;/m0..../s1. The van der Waals surface area contributed by atoms with Gasteiger partial charge in [-0.1, -0.05) is 70.7 Å². The number of halogens is 1. The summed E-state index contributed by atoms with van der Waals surface area (Å²) in [4.78, 5) is 23.1. The third-order valence-electron chi connectivity index (χ3n) is 7.27. The van der Waals surface area contributed by atoms with E-state index in [-0.39, 0.29) is 26.9 Å². The zero-order valence-electron chi connectivity index (χ0n) is 27.3. The van der Waals surface area contributed by atoms with Gasteiger partial charge in [-0.15, -0.1) is 0 Å². The third kappa shape index (κ3) is 10.6. The summed E-state index contributed by atoms with van der Waals surface area (Å²) < 4.78 is 43.3. The van der Waals surface area contributed by atoms with Crippen LogP contribution in [0.5, 0.6) is 0 Å². The lowest BCUT2D eigenvalue weighted by molar-refractivity contribution is -0.123. The van der Waals surface area contributed by atoms with Crippen LogP contribution >= 0.6 is 0 Å². The number of benzene rings is 2. The first-order valence-corrected chi connectivity index (χ1v) is 17.3. The number of aromatic nitrogens is 2. The molecule has 8 nitrogen and oxygen atoms in total. The van der Waals surface area contributed by atoms with Crippen LogP contribution in [0.3, 0.4) is 0 Å². The molecule has 0 bridgehead atoms. The summed E-state index contributed by atoms with van der Waals surface area (Å²) >= 11 is 0. The number of rotatable bonds is 11. The molecule has 1 saturated heterocycles. The number of carbonyl (C=O) groups is 1. The van der Waals surface area contributed by atoms with Gasteiger partial charge in [-0.2, -0.15) is 0 Å². The zero-order chi connectivity index (χ0) is 32.9. The summed E-state index contributed by atoms with van der Waals surface area (Å²) in [6.45, 7) is 18.7. The molecule has 44 heavy (non-hydrogen) atoms. The molecule has 0 spiro atoms. The van der Waals surface area contributed by atoms with Crippen molar-refractivity contribution in [1.82, 2.24) is 24.9 Å². The third-order valence-corrected chi connectivity index (χ3v) is 8.62. The monoisotopic (exact) mass is 631 g/mol. The minimum atomic E-state index is -3.84. The van der Waals surface area contributed by atoms with Gasteiger partial charge in [0.2, 0.25) is 15.9 Å². The van der Waals surface area contributed by atoms with Gasteiger partial charge in [0.1, 0.15) is 17.7 Å². The van der Waals surface area contributed by atoms with Crippen LogP contribution in [0.1, 0.15) is 93.1 Å². The van der Waals surface area contributed by atoms with Gasteiger partial charge in [0, 0.05) is 33.1 Å². The first kappa shape index (κ1) is 36.7. The van der Waals surface area contributed by atoms with E-state index in [1.807, 2.05) is 46.8 Å². The number of nitrogens with one attached hydrogen (secondary N) is 3. The molecule has 10 heteroatoms. The van der Waals surface area contributed by atoms with Gasteiger partial charge < -0.3 is 15.2 Å². The number of imidazole rings is 1. The summed E-state index contributed by atoms with van der Waals surface area (Å²) in [6.07, 6.45) is 4.84. The number of H-pyrrole nitrogens is 1. The van der Waals surface area contributed by atoms with Crippen molar-refractivity contribution in [2.75, 3.05) is 6.54 Å². The minimum absolute atomic E-state index is 0. The number of sulfonamides is 1. The fourth-order valence-electron chi connectivity index (χ4n) is 5.08. The van der Waals surface area contributed by atoms with Crippen LogP contribution in [0.4, 0.5) is 4.39 Å². The molecule has 0 unspecified atom stereocenters. The molecule has 3 atom stereocenters. The maximum atomic E-state index is 14.5. The van der Waals surface area contributed by atoms with Gasteiger partial charge in [0.25, 0.3) is 0 Å². The van der Waals surface area contributed by atoms with Crippen molar-refractivity contribution in [2.24, 2.45) is 0 Å². The smallest absolute Gasteiger partial charge is 0.239 e. The zero-order valence-corrected chi connectivity index (χ0v) is 28.1. The highest BCUT2D eigenvalue weighted by molar-refractivity contribution is 7.88. The van der Waals surface area contributed by atoms with Crippen LogP contribution in [0.25, 0.3) is 11.3 Å². The minimum Gasteiger partial charge on any atom is -0.373 e. The van der Waals surface area contributed by atoms with E-state index in [2.05, 4.69) is 38.4 Å². The van der Waals surface area contributed by atoms with Gasteiger partial charge in [0.05, 0.1) is 23.7 Å². The van der Waals surface area contributed by atoms with Gasteiger partial charge >= 0.3 is 0 Å². The first-order valence-electron chi connectivity index (χ1n) is 15.6. The normalized spacial score (nSPS) is 16.0. The maximum absolute atomic E-state index is 14.5. The summed E-state index contributed by atoms with van der Waals surface area (Å²) in [5.74, 6) is -0.680. The highest BCUT2D eigenvalue weighted by atomic mass is 32.2. The quantitative estimate of drug-likeness (QED) is 0.203. The second-order valence-electron chi connectivity index (χ2n) is 10.6. The molecule has 2 aromatic carbocycles. The van der Waals surface area contributed by atoms with E-state index < -0.39 is 28.0 Å². The Bertz CT molecular complexity index is 1450. The first-order chi connectivity index (χ1) is 21.0. The fourth-order valence-corrected chi connectivity index (χ4v) is 6.41. The Morgan fingerprint density at radius 2 is 1.84 bits per heavy atom. The van der Waals surface area contributed by atoms with Crippen molar-refractivity contribution < 1.29 is 20.5 Å². The topological polar surface area (TPSA) is 107 Å². The Balaban J connectivity index is 0.00000325. The van der Waals surface area contributed by atoms with Crippen molar-refractivity contribution in [2.45, 2.75) is 98.0 Å². The Kier molecular flexibility index (Phi) is 14.8. The summed E-state index contributed by atoms with van der Waals surface area (Å²) in [7, 11) is -3.84. The molecule has 0 radical (unpaired) electrons. The molecule has 0 saturated carbocycles. The highest BCUT2D eigenvalue weighted by Gasteiger charge is 2.30. The van der Waals surface area contributed by atoms with E-state index in [0.29, 0.717) is 22.6 Å². The number of likely N-dealkylation sites (tertiary alicyclic amines) is 1. The summed E-state index contributed by atoms with van der Waals surface area (Å²) in [6, 6.07) is 12.4. The number of hydrogen-bond acceptors (Lipinski definition) is 5. The molecule has 1 aliphatic rings. The van der Waals surface area contributed by atoms with Crippen LogP contribution in [0, 0.1) is 12.7 Å². The van der Waals surface area contributed by atoms with Crippen molar-refractivity contribution in [3.05, 3.63) is 89.8 Å². The van der Waals surface area contributed by atoms with E-state index in [4.69, 9.17) is 0 Å². The molecule has 3 N–H and O–H groups in total. The van der Waals surface area contributed by atoms with Crippen LogP contribution < -0.4 is 10.0 Å². The number of carbonyl (C=O) groups excluding carboxylic acids is 1. The van der Waals surface area contributed by atoms with Gasteiger partial charge in [-0.05, 0) is 63.3 Å². The van der Waals surface area contributed by atoms with Gasteiger partial charge in [-0.25, -0.2) is 22.5 Å². The van der Waals surface area contributed by atoms with E-state index in [0.717, 1.165) is 37.1 Å². The molecule has 1 fully saturated rings. The van der Waals surface area contributed by atoms with Crippen LogP contribution in [-0.4, -0.2) is 47.8 Å². The van der Waals surface area contributed by atoms with E-state index in [1.54, 1.807) is 37.3 Å². The van der Waals surface area contributed by atoms with Crippen molar-refractivity contribution in [3.8, 4) is 11.3 Å². The number of aryl methyl sites for hydroxylation is 1. The lowest BCUT2D eigenvalue weighted by atomic mass is 10.0. The van der Waals surface area contributed by atoms with E-state index in [1.165, 1.54) is 12.3 Å². The Labute approximate surface area is 266 Å². The second kappa shape index (κ2) is 17.7. The van der Waals surface area contributed by atoms with Gasteiger partial charge in [0.15, 0.2) is 0 Å². The average molecular weight is 632 g/mol. The van der Waals surface area contributed by atoms with Crippen molar-refractivity contribution >= 4 is 15.9 Å². The molecule has 3 aromatic rings. The Morgan fingerprint density at radius 3 is 2.48 bits per heavy atom. The van der Waals surface area contributed by atoms with Crippen LogP contribution in [0.15, 0.2) is 67.0 Å². The molecule has 1 aromatic heterocycles. The number of hydrogen-bond donors (Lipinski definition) is 3. The largest absolute Gasteiger partial charge is 0.373 e. The Hall–Kier alpha value is -3.50. The molecule has 246 valence electrons. The molecule has 1 aliphatic heterocycles. The van der Waals surface area contributed by atoms with Crippen molar-refractivity contribution in [1.29, 1.82) is 0 Å². The number of aromatic amines is 1. The fraction of sp³-hybridized carbons (Fsp3) is 0.471. The molecular formula is C34H54FN5O3S. The number of nitrogens with zero attached hydrogens (tertiary/aromatic N) is 2. The molecular weight excluding hydrogens is 577 g/mol. The predicted octanol–water partition coefficient (Wildman–Crippen LogP) is 7.51. The summed E-state index contributed by atoms with van der Waals surface area (Å²) in [5, 5.41) is 2.88. The summed E-state index contributed by atoms with van der Waals surface area (Å²) in [5.41, 5.74) is 3.01. The SMILES string of the molecule is C=C(C[C@H](NS(=O)(=O)Cc1ccccc1)C(=O)N[C@@H](C)c1ncc(-c2ccc(C)cc2F)[nH]1)N1CCCC[C@@H]1C.CC.CC.[HH].[HH]. The van der Waals surface area contributed by atoms with E-state index >= 15 is 0 Å². The number of amides is 1. The maximum Gasteiger partial charge on any atom is 0.239 e. The lowest BCUT2D eigenvalue weighted by Gasteiger charge is -2.37. The average Bonchev–Trinajstić information content (AvgIpc) is 3.49. The number of piperidine rings is 1. The molecule has 1 amide bonds. The highest BCUT2D eigenvalue weighted by Crippen LogP contribution is 2.25. The second-order valence-corrected chi connectivity index (χ2v) is 12.4. The van der Waals surface area contributed by atoms with Gasteiger partial charge in [-0.3, -0.25) is 4.79 Å². The predicted molar refractivity (Wildman–Crippen MR) is 182 cm³/mol. The van der Waals surface area contributed by atoms with Crippen LogP contribution in [0.2, 0.25) is 0 Å². The molecule has 0 aliphatic carbocycles. The lowest BCUT2D eigenvalue weighted by Crippen LogP contribution is -2.49. The molecule has 4 rings (SSSR count). The van der Waals surface area contributed by atoms with Crippen molar-refractivity contribution in [3.63, 3.8) is 0 Å². The Morgan fingerprint density at radius 1 is 1.16 bits per heavy atom.